The first-order valence-corrected chi connectivity index (χ1v) is 7.77. The Balaban J connectivity index is 2.16. The second-order valence-electron chi connectivity index (χ2n) is 5.94. The molecule has 0 saturated heterocycles. The number of unbranched alkanes of at least 4 members (excludes halogenated alkanes) is 2. The maximum absolute atomic E-state index is 6.04. The Morgan fingerprint density at radius 3 is 2.74 bits per heavy atom. The molecule has 1 rings (SSSR count). The lowest BCUT2D eigenvalue weighted by atomic mass is 9.78. The molecule has 0 amide bonds. The van der Waals surface area contributed by atoms with Crippen LogP contribution in [0, 0.1) is 18.3 Å². The van der Waals surface area contributed by atoms with Crippen molar-refractivity contribution in [3.8, 4) is 0 Å². The predicted molar refractivity (Wildman–Crippen MR) is 81.1 cm³/mol. The molecular weight excluding hydrogens is 236 g/mol. The number of rotatable bonds is 9. The highest BCUT2D eigenvalue weighted by molar-refractivity contribution is 5.02. The Morgan fingerprint density at radius 1 is 1.26 bits per heavy atom. The largest absolute Gasteiger partial charge is 0.379 e. The molecular formula is C17H31O2. The van der Waals surface area contributed by atoms with Gasteiger partial charge in [0.2, 0.25) is 0 Å². The van der Waals surface area contributed by atoms with Crippen LogP contribution in [-0.2, 0) is 9.47 Å². The zero-order valence-corrected chi connectivity index (χ0v) is 13.0. The molecule has 3 atom stereocenters. The molecule has 3 unspecified atom stereocenters. The average Bonchev–Trinajstić information content (AvgIpc) is 2.37. The second kappa shape index (κ2) is 9.55. The predicted octanol–water partition coefficient (Wildman–Crippen LogP) is 4.40. The molecule has 0 aromatic heterocycles. The summed E-state index contributed by atoms with van der Waals surface area (Å²) in [7, 11) is 0. The van der Waals surface area contributed by atoms with E-state index in [1.807, 2.05) is 0 Å². The summed E-state index contributed by atoms with van der Waals surface area (Å²) in [5.74, 6) is 1.33. The first kappa shape index (κ1) is 16.7. The minimum atomic E-state index is 0.355. The standard InChI is InChI=1S/C17H31O2/c1-5-6-7-10-18-11-12-19-17-13-15(4)8-9-16(17)14(2)3/h5,15-17H,2,6-13H2,1,3-4H3. The van der Waals surface area contributed by atoms with Crippen LogP contribution in [0.5, 0.6) is 0 Å². The minimum Gasteiger partial charge on any atom is -0.379 e. The van der Waals surface area contributed by atoms with Crippen LogP contribution in [-0.4, -0.2) is 25.9 Å². The van der Waals surface area contributed by atoms with Crippen molar-refractivity contribution in [3.05, 3.63) is 18.6 Å². The lowest BCUT2D eigenvalue weighted by Gasteiger charge is -2.35. The Bertz CT molecular complexity index is 250. The van der Waals surface area contributed by atoms with E-state index in [0.29, 0.717) is 12.0 Å². The van der Waals surface area contributed by atoms with Gasteiger partial charge in [0.15, 0.2) is 0 Å². The molecule has 0 spiro atoms. The van der Waals surface area contributed by atoms with Gasteiger partial charge in [-0.3, -0.25) is 0 Å². The molecule has 0 aromatic rings. The summed E-state index contributed by atoms with van der Waals surface area (Å²) < 4.78 is 11.6. The minimum absolute atomic E-state index is 0.355. The molecule has 19 heavy (non-hydrogen) atoms. The van der Waals surface area contributed by atoms with Gasteiger partial charge in [0, 0.05) is 12.5 Å². The van der Waals surface area contributed by atoms with E-state index < -0.39 is 0 Å². The van der Waals surface area contributed by atoms with E-state index in [9.17, 15) is 0 Å². The van der Waals surface area contributed by atoms with Crippen molar-refractivity contribution >= 4 is 0 Å². The number of hydrogen-bond donors (Lipinski definition) is 0. The van der Waals surface area contributed by atoms with Gasteiger partial charge in [-0.2, -0.15) is 0 Å². The van der Waals surface area contributed by atoms with Crippen molar-refractivity contribution in [1.29, 1.82) is 0 Å². The number of ether oxygens (including phenoxy) is 2. The van der Waals surface area contributed by atoms with Gasteiger partial charge >= 0.3 is 0 Å². The molecule has 1 aliphatic rings. The van der Waals surface area contributed by atoms with E-state index >= 15 is 0 Å². The van der Waals surface area contributed by atoms with Gasteiger partial charge in [0.05, 0.1) is 19.3 Å². The van der Waals surface area contributed by atoms with Gasteiger partial charge in [-0.1, -0.05) is 26.0 Å². The van der Waals surface area contributed by atoms with E-state index in [2.05, 4.69) is 33.8 Å². The molecule has 1 radical (unpaired) electrons. The maximum Gasteiger partial charge on any atom is 0.0704 e. The summed E-state index contributed by atoms with van der Waals surface area (Å²) >= 11 is 0. The van der Waals surface area contributed by atoms with Crippen LogP contribution in [0.25, 0.3) is 0 Å². The van der Waals surface area contributed by atoms with Crippen LogP contribution in [0.2, 0.25) is 0 Å². The average molecular weight is 267 g/mol. The SMILES string of the molecule is C=C(C)C1CCC(C)CC1OCCOCCC[CH]C. The Hall–Kier alpha value is -0.340. The van der Waals surface area contributed by atoms with E-state index in [-0.39, 0.29) is 0 Å². The summed E-state index contributed by atoms with van der Waals surface area (Å²) in [6.07, 6.45) is 8.50. The molecule has 0 N–H and O–H groups in total. The maximum atomic E-state index is 6.04. The van der Waals surface area contributed by atoms with Crippen LogP contribution in [0.15, 0.2) is 12.2 Å². The van der Waals surface area contributed by atoms with Gasteiger partial charge in [-0.05, 0) is 51.4 Å². The van der Waals surface area contributed by atoms with Crippen LogP contribution in [0.4, 0.5) is 0 Å². The quantitative estimate of drug-likeness (QED) is 0.455. The fourth-order valence-corrected chi connectivity index (χ4v) is 2.83. The van der Waals surface area contributed by atoms with E-state index in [1.54, 1.807) is 0 Å². The zero-order valence-electron chi connectivity index (χ0n) is 13.0. The lowest BCUT2D eigenvalue weighted by molar-refractivity contribution is -0.0385. The van der Waals surface area contributed by atoms with E-state index in [1.165, 1.54) is 24.8 Å². The van der Waals surface area contributed by atoms with Gasteiger partial charge < -0.3 is 9.47 Å². The molecule has 2 nitrogen and oxygen atoms in total. The van der Waals surface area contributed by atoms with Crippen molar-refractivity contribution in [2.24, 2.45) is 11.8 Å². The molecule has 0 aromatic carbocycles. The highest BCUT2D eigenvalue weighted by Crippen LogP contribution is 2.34. The molecule has 1 saturated carbocycles. The smallest absolute Gasteiger partial charge is 0.0704 e. The summed E-state index contributed by atoms with van der Waals surface area (Å²) in [6, 6.07) is 0. The van der Waals surface area contributed by atoms with Crippen molar-refractivity contribution < 1.29 is 9.47 Å². The topological polar surface area (TPSA) is 18.5 Å². The van der Waals surface area contributed by atoms with Gasteiger partial charge in [-0.25, -0.2) is 0 Å². The zero-order chi connectivity index (χ0) is 14.1. The fourth-order valence-electron chi connectivity index (χ4n) is 2.83. The molecule has 0 heterocycles. The summed E-state index contributed by atoms with van der Waals surface area (Å²) in [5.41, 5.74) is 1.27. The van der Waals surface area contributed by atoms with Crippen molar-refractivity contribution in [1.82, 2.24) is 0 Å². The summed E-state index contributed by atoms with van der Waals surface area (Å²) in [4.78, 5) is 0. The van der Waals surface area contributed by atoms with Crippen LogP contribution >= 0.6 is 0 Å². The molecule has 111 valence electrons. The molecule has 1 aliphatic carbocycles. The molecule has 0 aliphatic heterocycles. The Labute approximate surface area is 119 Å². The van der Waals surface area contributed by atoms with Gasteiger partial charge in [0.25, 0.3) is 0 Å². The van der Waals surface area contributed by atoms with Gasteiger partial charge in [0.1, 0.15) is 0 Å². The third kappa shape index (κ3) is 6.58. The lowest BCUT2D eigenvalue weighted by Crippen LogP contribution is -2.32. The monoisotopic (exact) mass is 267 g/mol. The summed E-state index contributed by atoms with van der Waals surface area (Å²) in [5, 5.41) is 0. The summed E-state index contributed by atoms with van der Waals surface area (Å²) in [6.45, 7) is 12.9. The number of hydrogen-bond acceptors (Lipinski definition) is 2. The first-order chi connectivity index (χ1) is 9.15. The first-order valence-electron chi connectivity index (χ1n) is 7.77. The van der Waals surface area contributed by atoms with Crippen LogP contribution in [0.3, 0.4) is 0 Å². The fraction of sp³-hybridized carbons (Fsp3) is 0.824. The van der Waals surface area contributed by atoms with Crippen molar-refractivity contribution in [2.75, 3.05) is 19.8 Å². The van der Waals surface area contributed by atoms with Crippen molar-refractivity contribution in [2.45, 2.75) is 59.0 Å². The van der Waals surface area contributed by atoms with Crippen LogP contribution < -0.4 is 0 Å². The highest BCUT2D eigenvalue weighted by Gasteiger charge is 2.29. The Kier molecular flexibility index (Phi) is 8.40. The van der Waals surface area contributed by atoms with E-state index in [0.717, 1.165) is 38.6 Å². The van der Waals surface area contributed by atoms with E-state index in [4.69, 9.17) is 9.47 Å². The highest BCUT2D eigenvalue weighted by atomic mass is 16.5. The Morgan fingerprint density at radius 2 is 2.05 bits per heavy atom. The second-order valence-corrected chi connectivity index (χ2v) is 5.94. The van der Waals surface area contributed by atoms with Crippen molar-refractivity contribution in [3.63, 3.8) is 0 Å². The molecule has 1 fully saturated rings. The normalized spacial score (nSPS) is 27.4. The third-order valence-electron chi connectivity index (χ3n) is 4.03. The van der Waals surface area contributed by atoms with Crippen LogP contribution in [0.1, 0.15) is 52.9 Å². The molecule has 2 heteroatoms. The van der Waals surface area contributed by atoms with Gasteiger partial charge in [-0.15, -0.1) is 0 Å². The molecule has 0 bridgehead atoms. The third-order valence-corrected chi connectivity index (χ3v) is 4.03.